The number of nitrogens with zero attached hydrogens (tertiary/aromatic N) is 4. The van der Waals surface area contributed by atoms with Crippen molar-refractivity contribution in [1.82, 2.24) is 19.7 Å². The van der Waals surface area contributed by atoms with Crippen LogP contribution in [0.25, 0.3) is 0 Å². The molecule has 4 nitrogen and oxygen atoms in total. The summed E-state index contributed by atoms with van der Waals surface area (Å²) in [5.74, 6) is -0.208. The summed E-state index contributed by atoms with van der Waals surface area (Å²) in [6, 6.07) is 10.7. The third-order valence-electron chi connectivity index (χ3n) is 4.18. The summed E-state index contributed by atoms with van der Waals surface area (Å²) >= 11 is 0. The van der Waals surface area contributed by atoms with Crippen LogP contribution in [0.2, 0.25) is 0 Å². The van der Waals surface area contributed by atoms with Crippen molar-refractivity contribution in [2.24, 2.45) is 7.05 Å². The SMILES string of the molecule is Cc1c(CN(Cc2ccc(F)cc2)Cc2cccnc2)cnn1C. The first-order valence-corrected chi connectivity index (χ1v) is 7.95. The first-order chi connectivity index (χ1) is 11.6. The summed E-state index contributed by atoms with van der Waals surface area (Å²) in [5.41, 5.74) is 4.59. The lowest BCUT2D eigenvalue weighted by atomic mass is 10.1. The lowest BCUT2D eigenvalue weighted by molar-refractivity contribution is 0.247. The molecule has 0 saturated carbocycles. The maximum atomic E-state index is 13.1. The molecule has 0 aliphatic rings. The Morgan fingerprint density at radius 2 is 1.75 bits per heavy atom. The van der Waals surface area contributed by atoms with Crippen molar-refractivity contribution in [3.63, 3.8) is 0 Å². The van der Waals surface area contributed by atoms with Gasteiger partial charge in [-0.2, -0.15) is 5.10 Å². The van der Waals surface area contributed by atoms with Crippen LogP contribution in [0.3, 0.4) is 0 Å². The zero-order valence-corrected chi connectivity index (χ0v) is 14.0. The van der Waals surface area contributed by atoms with Gasteiger partial charge in [0.1, 0.15) is 5.82 Å². The third-order valence-corrected chi connectivity index (χ3v) is 4.18. The van der Waals surface area contributed by atoms with E-state index in [4.69, 9.17) is 0 Å². The van der Waals surface area contributed by atoms with Crippen molar-refractivity contribution in [2.45, 2.75) is 26.6 Å². The van der Waals surface area contributed by atoms with E-state index >= 15 is 0 Å². The maximum absolute atomic E-state index is 13.1. The number of rotatable bonds is 6. The highest BCUT2D eigenvalue weighted by atomic mass is 19.1. The molecule has 2 aromatic heterocycles. The van der Waals surface area contributed by atoms with E-state index in [2.05, 4.69) is 28.0 Å². The minimum atomic E-state index is -0.208. The number of benzene rings is 1. The van der Waals surface area contributed by atoms with E-state index < -0.39 is 0 Å². The Kier molecular flexibility index (Phi) is 5.01. The van der Waals surface area contributed by atoms with Crippen molar-refractivity contribution >= 4 is 0 Å². The van der Waals surface area contributed by atoms with Crippen LogP contribution in [0.4, 0.5) is 4.39 Å². The van der Waals surface area contributed by atoms with Crippen LogP contribution in [-0.4, -0.2) is 19.7 Å². The molecule has 3 rings (SSSR count). The van der Waals surface area contributed by atoms with E-state index in [0.717, 1.165) is 36.5 Å². The van der Waals surface area contributed by atoms with Gasteiger partial charge in [-0.1, -0.05) is 18.2 Å². The molecular weight excluding hydrogens is 303 g/mol. The molecule has 0 N–H and O–H groups in total. The minimum Gasteiger partial charge on any atom is -0.290 e. The highest BCUT2D eigenvalue weighted by molar-refractivity contribution is 5.19. The Morgan fingerprint density at radius 3 is 2.38 bits per heavy atom. The smallest absolute Gasteiger partial charge is 0.123 e. The van der Waals surface area contributed by atoms with Gasteiger partial charge >= 0.3 is 0 Å². The molecule has 0 aliphatic heterocycles. The first-order valence-electron chi connectivity index (χ1n) is 7.95. The normalized spacial score (nSPS) is 11.2. The second kappa shape index (κ2) is 7.36. The molecule has 2 heterocycles. The highest BCUT2D eigenvalue weighted by Gasteiger charge is 2.12. The number of hydrogen-bond acceptors (Lipinski definition) is 3. The topological polar surface area (TPSA) is 34.0 Å². The van der Waals surface area contributed by atoms with Gasteiger partial charge in [-0.3, -0.25) is 14.6 Å². The van der Waals surface area contributed by atoms with Gasteiger partial charge < -0.3 is 0 Å². The van der Waals surface area contributed by atoms with Crippen LogP contribution >= 0.6 is 0 Å². The van der Waals surface area contributed by atoms with E-state index in [1.165, 1.54) is 17.7 Å². The van der Waals surface area contributed by atoms with Gasteiger partial charge in [0.25, 0.3) is 0 Å². The third kappa shape index (κ3) is 4.06. The van der Waals surface area contributed by atoms with Crippen LogP contribution in [0.1, 0.15) is 22.4 Å². The van der Waals surface area contributed by atoms with Gasteiger partial charge in [-0.25, -0.2) is 4.39 Å². The maximum Gasteiger partial charge on any atom is 0.123 e. The standard InChI is InChI=1S/C19H21FN4/c1-15-18(11-22-23(15)2)14-24(13-17-4-3-9-21-10-17)12-16-5-7-19(20)8-6-16/h3-11H,12-14H2,1-2H3. The van der Waals surface area contributed by atoms with Gasteiger partial charge in [0, 0.05) is 50.3 Å². The van der Waals surface area contributed by atoms with Gasteiger partial charge in [-0.15, -0.1) is 0 Å². The quantitative estimate of drug-likeness (QED) is 0.696. The Labute approximate surface area is 141 Å². The molecule has 24 heavy (non-hydrogen) atoms. The molecule has 5 heteroatoms. The Hall–Kier alpha value is -2.53. The number of aromatic nitrogens is 3. The predicted octanol–water partition coefficient (Wildman–Crippen LogP) is 3.47. The van der Waals surface area contributed by atoms with Gasteiger partial charge in [-0.05, 0) is 36.2 Å². The predicted molar refractivity (Wildman–Crippen MR) is 91.5 cm³/mol. The summed E-state index contributed by atoms with van der Waals surface area (Å²) in [7, 11) is 1.95. The largest absolute Gasteiger partial charge is 0.290 e. The van der Waals surface area contributed by atoms with E-state index in [0.29, 0.717) is 0 Å². The fourth-order valence-corrected chi connectivity index (χ4v) is 2.71. The molecular formula is C19H21FN4. The molecule has 0 amide bonds. The zero-order chi connectivity index (χ0) is 16.9. The highest BCUT2D eigenvalue weighted by Crippen LogP contribution is 2.16. The fraction of sp³-hybridized carbons (Fsp3) is 0.263. The van der Waals surface area contributed by atoms with Crippen LogP contribution in [-0.2, 0) is 26.7 Å². The van der Waals surface area contributed by atoms with Crippen LogP contribution in [0.5, 0.6) is 0 Å². The van der Waals surface area contributed by atoms with Crippen molar-refractivity contribution < 1.29 is 4.39 Å². The number of aryl methyl sites for hydroxylation is 1. The molecule has 0 aliphatic carbocycles. The molecule has 0 atom stereocenters. The van der Waals surface area contributed by atoms with Crippen molar-refractivity contribution in [3.05, 3.63) is 83.2 Å². The van der Waals surface area contributed by atoms with Crippen molar-refractivity contribution in [1.29, 1.82) is 0 Å². The van der Waals surface area contributed by atoms with E-state index in [1.54, 1.807) is 6.20 Å². The molecule has 1 aromatic carbocycles. The van der Waals surface area contributed by atoms with Crippen molar-refractivity contribution in [3.8, 4) is 0 Å². The molecule has 0 saturated heterocycles. The van der Waals surface area contributed by atoms with Crippen molar-refractivity contribution in [2.75, 3.05) is 0 Å². The van der Waals surface area contributed by atoms with Crippen LogP contribution < -0.4 is 0 Å². The zero-order valence-electron chi connectivity index (χ0n) is 14.0. The molecule has 0 spiro atoms. The summed E-state index contributed by atoms with van der Waals surface area (Å²) < 4.78 is 15.0. The lowest BCUT2D eigenvalue weighted by Crippen LogP contribution is -2.22. The molecule has 3 aromatic rings. The molecule has 0 radical (unpaired) electrons. The van der Waals surface area contributed by atoms with Gasteiger partial charge in [0.2, 0.25) is 0 Å². The summed E-state index contributed by atoms with van der Waals surface area (Å²) in [6.07, 6.45) is 5.57. The second-order valence-electron chi connectivity index (χ2n) is 6.01. The summed E-state index contributed by atoms with van der Waals surface area (Å²) in [6.45, 7) is 4.37. The summed E-state index contributed by atoms with van der Waals surface area (Å²) in [4.78, 5) is 6.51. The average Bonchev–Trinajstić information content (AvgIpc) is 2.90. The van der Waals surface area contributed by atoms with Gasteiger partial charge in [0.05, 0.1) is 6.20 Å². The number of hydrogen-bond donors (Lipinski definition) is 0. The molecule has 124 valence electrons. The second-order valence-corrected chi connectivity index (χ2v) is 6.01. The average molecular weight is 324 g/mol. The van der Waals surface area contributed by atoms with E-state index in [-0.39, 0.29) is 5.82 Å². The van der Waals surface area contributed by atoms with E-state index in [9.17, 15) is 4.39 Å². The number of halogens is 1. The Bertz CT molecular complexity index is 781. The first kappa shape index (κ1) is 16.3. The Morgan fingerprint density at radius 1 is 1.00 bits per heavy atom. The lowest BCUT2D eigenvalue weighted by Gasteiger charge is -2.22. The molecule has 0 bridgehead atoms. The molecule has 0 fully saturated rings. The minimum absolute atomic E-state index is 0.208. The summed E-state index contributed by atoms with van der Waals surface area (Å²) in [5, 5.41) is 4.32. The van der Waals surface area contributed by atoms with Crippen LogP contribution in [0, 0.1) is 12.7 Å². The van der Waals surface area contributed by atoms with Crippen LogP contribution in [0.15, 0.2) is 55.0 Å². The number of pyridine rings is 1. The fourth-order valence-electron chi connectivity index (χ4n) is 2.71. The monoisotopic (exact) mass is 324 g/mol. The Balaban J connectivity index is 1.79. The molecule has 0 unspecified atom stereocenters. The van der Waals surface area contributed by atoms with E-state index in [1.807, 2.05) is 42.3 Å². The van der Waals surface area contributed by atoms with Gasteiger partial charge in [0.15, 0.2) is 0 Å².